The molecule has 2 heteroatoms. The molecule has 2 nitrogen and oxygen atoms in total. The molecule has 0 amide bonds. The summed E-state index contributed by atoms with van der Waals surface area (Å²) in [5.74, 6) is 6.17. The van der Waals surface area contributed by atoms with E-state index in [1.54, 1.807) is 0 Å². The Hall–Kier alpha value is -0.340. The first kappa shape index (κ1) is 11.7. The summed E-state index contributed by atoms with van der Waals surface area (Å²) in [6.07, 6.45) is 3.35. The van der Waals surface area contributed by atoms with Gasteiger partial charge in [-0.15, -0.1) is 6.58 Å². The van der Waals surface area contributed by atoms with E-state index in [9.17, 15) is 0 Å². The van der Waals surface area contributed by atoms with E-state index in [4.69, 9.17) is 5.84 Å². The van der Waals surface area contributed by atoms with Gasteiger partial charge in [-0.05, 0) is 32.1 Å². The number of rotatable bonds is 6. The third kappa shape index (κ3) is 6.38. The van der Waals surface area contributed by atoms with Crippen LogP contribution in [0.5, 0.6) is 0 Å². The van der Waals surface area contributed by atoms with E-state index in [0.717, 1.165) is 18.8 Å². The average molecular weight is 170 g/mol. The normalized spacial score (nSPS) is 13.4. The first-order chi connectivity index (χ1) is 5.56. The zero-order valence-electron chi connectivity index (χ0n) is 8.56. The molecule has 3 N–H and O–H groups in total. The van der Waals surface area contributed by atoms with Crippen LogP contribution >= 0.6 is 0 Å². The Morgan fingerprint density at radius 1 is 1.42 bits per heavy atom. The van der Waals surface area contributed by atoms with E-state index in [0.29, 0.717) is 6.04 Å². The quantitative estimate of drug-likeness (QED) is 0.364. The van der Waals surface area contributed by atoms with Crippen LogP contribution in [0.15, 0.2) is 12.2 Å². The van der Waals surface area contributed by atoms with Crippen molar-refractivity contribution in [3.8, 4) is 0 Å². The zero-order valence-corrected chi connectivity index (χ0v) is 8.56. The fraction of sp³-hybridized carbons (Fsp3) is 0.800. The zero-order chi connectivity index (χ0) is 9.56. The smallest absolute Gasteiger partial charge is 0.0247 e. The van der Waals surface area contributed by atoms with Crippen molar-refractivity contribution in [1.29, 1.82) is 0 Å². The summed E-state index contributed by atoms with van der Waals surface area (Å²) in [6.45, 7) is 10.4. The number of hydrogen-bond donors (Lipinski definition) is 2. The first-order valence-electron chi connectivity index (χ1n) is 4.66. The Morgan fingerprint density at radius 3 is 2.33 bits per heavy atom. The fourth-order valence-electron chi connectivity index (χ4n) is 1.20. The highest BCUT2D eigenvalue weighted by atomic mass is 15.2. The summed E-state index contributed by atoms with van der Waals surface area (Å²) >= 11 is 0. The topological polar surface area (TPSA) is 38.0 Å². The first-order valence-corrected chi connectivity index (χ1v) is 4.66. The third-order valence-electron chi connectivity index (χ3n) is 1.92. The second-order valence-corrected chi connectivity index (χ2v) is 4.00. The van der Waals surface area contributed by atoms with Gasteiger partial charge in [0.25, 0.3) is 0 Å². The highest BCUT2D eigenvalue weighted by Crippen LogP contribution is 2.11. The largest absolute Gasteiger partial charge is 0.271 e. The maximum absolute atomic E-state index is 5.42. The Morgan fingerprint density at radius 2 is 2.00 bits per heavy atom. The second kappa shape index (κ2) is 6.21. The third-order valence-corrected chi connectivity index (χ3v) is 1.92. The van der Waals surface area contributed by atoms with Gasteiger partial charge in [0.15, 0.2) is 0 Å². The Kier molecular flexibility index (Phi) is 6.03. The predicted octanol–water partition coefficient (Wildman–Crippen LogP) is 2.22. The molecule has 0 spiro atoms. The van der Waals surface area contributed by atoms with Crippen LogP contribution in [0.1, 0.15) is 40.0 Å². The van der Waals surface area contributed by atoms with Crippen LogP contribution in [-0.2, 0) is 0 Å². The highest BCUT2D eigenvalue weighted by molar-refractivity contribution is 4.92. The van der Waals surface area contributed by atoms with Crippen LogP contribution in [-0.4, -0.2) is 6.04 Å². The molecule has 12 heavy (non-hydrogen) atoms. The van der Waals surface area contributed by atoms with Crippen LogP contribution in [0.4, 0.5) is 0 Å². The van der Waals surface area contributed by atoms with Crippen molar-refractivity contribution in [3.05, 3.63) is 12.2 Å². The molecule has 0 heterocycles. The Labute approximate surface area is 76.2 Å². The van der Waals surface area contributed by atoms with Crippen molar-refractivity contribution in [2.24, 2.45) is 11.8 Å². The lowest BCUT2D eigenvalue weighted by molar-refractivity contribution is 0.434. The van der Waals surface area contributed by atoms with Crippen LogP contribution in [0.25, 0.3) is 0 Å². The minimum atomic E-state index is 0.407. The van der Waals surface area contributed by atoms with Crippen LogP contribution in [0.3, 0.4) is 0 Å². The van der Waals surface area contributed by atoms with Gasteiger partial charge in [0.1, 0.15) is 0 Å². The molecular weight excluding hydrogens is 148 g/mol. The molecule has 0 aromatic rings. The standard InChI is InChI=1S/C10H22N2/c1-8(2)5-6-10(12-11)7-9(3)4/h8,10,12H,3,5-7,11H2,1-2,4H3. The molecular formula is C10H22N2. The summed E-state index contributed by atoms with van der Waals surface area (Å²) < 4.78 is 0. The maximum Gasteiger partial charge on any atom is 0.0247 e. The van der Waals surface area contributed by atoms with Crippen molar-refractivity contribution >= 4 is 0 Å². The molecule has 0 aliphatic carbocycles. The van der Waals surface area contributed by atoms with E-state index < -0.39 is 0 Å². The van der Waals surface area contributed by atoms with Crippen molar-refractivity contribution in [1.82, 2.24) is 5.43 Å². The van der Waals surface area contributed by atoms with Crippen molar-refractivity contribution in [2.45, 2.75) is 46.1 Å². The van der Waals surface area contributed by atoms with Gasteiger partial charge in [0.05, 0.1) is 0 Å². The number of nitrogens with two attached hydrogens (primary N) is 1. The van der Waals surface area contributed by atoms with E-state index >= 15 is 0 Å². The number of hydrazine groups is 1. The van der Waals surface area contributed by atoms with Crippen LogP contribution in [0, 0.1) is 5.92 Å². The molecule has 0 aromatic carbocycles. The lowest BCUT2D eigenvalue weighted by atomic mass is 9.99. The minimum absolute atomic E-state index is 0.407. The van der Waals surface area contributed by atoms with Crippen LogP contribution < -0.4 is 11.3 Å². The summed E-state index contributed by atoms with van der Waals surface area (Å²) in [4.78, 5) is 0. The fourth-order valence-corrected chi connectivity index (χ4v) is 1.20. The molecule has 0 fully saturated rings. The van der Waals surface area contributed by atoms with Gasteiger partial charge in [-0.2, -0.15) is 0 Å². The van der Waals surface area contributed by atoms with Gasteiger partial charge in [-0.25, -0.2) is 0 Å². The van der Waals surface area contributed by atoms with E-state index in [1.807, 2.05) is 6.92 Å². The predicted molar refractivity (Wildman–Crippen MR) is 54.6 cm³/mol. The molecule has 1 unspecified atom stereocenters. The Bertz CT molecular complexity index is 130. The average Bonchev–Trinajstić information content (AvgIpc) is 1.97. The molecule has 0 aliphatic rings. The summed E-state index contributed by atoms with van der Waals surface area (Å²) in [5.41, 5.74) is 4.02. The van der Waals surface area contributed by atoms with E-state index in [2.05, 4.69) is 25.9 Å². The van der Waals surface area contributed by atoms with Gasteiger partial charge in [0.2, 0.25) is 0 Å². The van der Waals surface area contributed by atoms with Gasteiger partial charge < -0.3 is 0 Å². The molecule has 72 valence electrons. The van der Waals surface area contributed by atoms with E-state index in [-0.39, 0.29) is 0 Å². The number of hydrogen-bond acceptors (Lipinski definition) is 2. The van der Waals surface area contributed by atoms with Crippen LogP contribution in [0.2, 0.25) is 0 Å². The molecule has 0 aromatic heterocycles. The van der Waals surface area contributed by atoms with Gasteiger partial charge in [-0.3, -0.25) is 11.3 Å². The highest BCUT2D eigenvalue weighted by Gasteiger charge is 2.06. The maximum atomic E-state index is 5.42. The molecule has 1 atom stereocenters. The summed E-state index contributed by atoms with van der Waals surface area (Å²) in [6, 6.07) is 0.407. The summed E-state index contributed by atoms with van der Waals surface area (Å²) in [5, 5.41) is 0. The SMILES string of the molecule is C=C(C)CC(CCC(C)C)NN. The molecule has 0 rings (SSSR count). The molecule has 0 radical (unpaired) electrons. The number of nitrogens with one attached hydrogen (secondary N) is 1. The van der Waals surface area contributed by atoms with Crippen molar-refractivity contribution in [3.63, 3.8) is 0 Å². The lowest BCUT2D eigenvalue weighted by Gasteiger charge is -2.16. The molecule has 0 saturated carbocycles. The Balaban J connectivity index is 3.60. The monoisotopic (exact) mass is 170 g/mol. The summed E-state index contributed by atoms with van der Waals surface area (Å²) in [7, 11) is 0. The van der Waals surface area contributed by atoms with Gasteiger partial charge in [0, 0.05) is 6.04 Å². The molecule has 0 aliphatic heterocycles. The van der Waals surface area contributed by atoms with E-state index in [1.165, 1.54) is 12.0 Å². The second-order valence-electron chi connectivity index (χ2n) is 4.00. The lowest BCUT2D eigenvalue weighted by Crippen LogP contribution is -2.35. The minimum Gasteiger partial charge on any atom is -0.271 e. The van der Waals surface area contributed by atoms with Crippen molar-refractivity contribution < 1.29 is 0 Å². The van der Waals surface area contributed by atoms with Gasteiger partial charge in [-0.1, -0.05) is 19.4 Å². The molecule has 0 saturated heterocycles. The molecule has 0 bridgehead atoms. The van der Waals surface area contributed by atoms with Crippen molar-refractivity contribution in [2.75, 3.05) is 0 Å². The van der Waals surface area contributed by atoms with Gasteiger partial charge >= 0.3 is 0 Å².